The first-order valence-electron chi connectivity index (χ1n) is 10.8. The van der Waals surface area contributed by atoms with E-state index in [4.69, 9.17) is 4.74 Å². The molecule has 1 atom stereocenters. The number of hydrogen-bond acceptors (Lipinski definition) is 6. The van der Waals surface area contributed by atoms with Crippen molar-refractivity contribution in [2.24, 2.45) is 4.99 Å². The zero-order valence-electron chi connectivity index (χ0n) is 19.0. The predicted octanol–water partition coefficient (Wildman–Crippen LogP) is 0.897. The molecule has 0 amide bonds. The standard InChI is InChI=1S/C22H35NO6S.Na/c1-3-4-5-6-7-8-9-10-11-14-17-29-22(25)18(2)23-21(24)19-15-12-13-16-20(19)30(26,27)28;/h12-13,15-16,18H,3-11,14,17H2,1-2H3,(H,23,24)(H,26,27,28);/q;+1/p-1/t18-;/m0./s1. The molecule has 0 aromatic heterocycles. The van der Waals surface area contributed by atoms with Crippen molar-refractivity contribution in [3.63, 3.8) is 0 Å². The van der Waals surface area contributed by atoms with Crippen LogP contribution < -0.4 is 34.7 Å². The fraction of sp³-hybridized carbons (Fsp3) is 0.636. The zero-order valence-corrected chi connectivity index (χ0v) is 21.8. The van der Waals surface area contributed by atoms with Crippen LogP contribution >= 0.6 is 0 Å². The van der Waals surface area contributed by atoms with E-state index in [1.54, 1.807) is 0 Å². The number of carbonyl (C=O) groups is 1. The number of unbranched alkanes of at least 4 members (excludes halogenated alkanes) is 9. The summed E-state index contributed by atoms with van der Waals surface area (Å²) in [4.78, 5) is 15.2. The van der Waals surface area contributed by atoms with Crippen LogP contribution in [-0.4, -0.2) is 37.5 Å². The van der Waals surface area contributed by atoms with Gasteiger partial charge in [-0.3, -0.25) is 9.55 Å². The summed E-state index contributed by atoms with van der Waals surface area (Å²) in [6.07, 6.45) is 11.8. The van der Waals surface area contributed by atoms with E-state index in [2.05, 4.69) is 11.9 Å². The van der Waals surface area contributed by atoms with Gasteiger partial charge in [-0.25, -0.2) is 4.79 Å². The third-order valence-corrected chi connectivity index (χ3v) is 5.70. The Labute approximate surface area is 208 Å². The van der Waals surface area contributed by atoms with Crippen molar-refractivity contribution in [2.75, 3.05) is 6.61 Å². The zero-order chi connectivity index (χ0) is 22.4. The van der Waals surface area contributed by atoms with Gasteiger partial charge in [-0.05, 0) is 25.3 Å². The van der Waals surface area contributed by atoms with Crippen molar-refractivity contribution in [1.29, 1.82) is 0 Å². The van der Waals surface area contributed by atoms with Gasteiger partial charge in [-0.1, -0.05) is 82.9 Å². The maximum atomic E-state index is 12.2. The van der Waals surface area contributed by atoms with Crippen molar-refractivity contribution in [2.45, 2.75) is 89.0 Å². The number of aliphatic imine (C=N–C) groups is 1. The Morgan fingerprint density at radius 1 is 1.03 bits per heavy atom. The van der Waals surface area contributed by atoms with Gasteiger partial charge in [0.05, 0.1) is 6.61 Å². The summed E-state index contributed by atoms with van der Waals surface area (Å²) in [5.41, 5.74) is -0.283. The van der Waals surface area contributed by atoms with Crippen LogP contribution in [0.25, 0.3) is 0 Å². The number of benzene rings is 1. The van der Waals surface area contributed by atoms with Gasteiger partial charge in [0.1, 0.15) is 10.9 Å². The predicted molar refractivity (Wildman–Crippen MR) is 115 cm³/mol. The number of carbonyl (C=O) groups excluding carboxylic acids is 1. The van der Waals surface area contributed by atoms with Crippen LogP contribution in [0.4, 0.5) is 0 Å². The summed E-state index contributed by atoms with van der Waals surface area (Å²) in [6.45, 7) is 3.89. The first-order valence-corrected chi connectivity index (χ1v) is 12.2. The van der Waals surface area contributed by atoms with Crippen molar-refractivity contribution in [3.8, 4) is 0 Å². The summed E-state index contributed by atoms with van der Waals surface area (Å²) >= 11 is 0. The second-order valence-electron chi connectivity index (χ2n) is 7.43. The number of ether oxygens (including phenoxy) is 1. The minimum Gasteiger partial charge on any atom is -0.858 e. The molecule has 1 N–H and O–H groups in total. The number of hydrogen-bond donors (Lipinski definition) is 1. The van der Waals surface area contributed by atoms with E-state index in [0.29, 0.717) is 0 Å². The van der Waals surface area contributed by atoms with E-state index in [1.165, 1.54) is 70.1 Å². The topological polar surface area (TPSA) is 116 Å². The van der Waals surface area contributed by atoms with Crippen molar-refractivity contribution >= 4 is 22.0 Å². The van der Waals surface area contributed by atoms with Crippen LogP contribution in [0.2, 0.25) is 0 Å². The molecular weight excluding hydrogens is 429 g/mol. The van der Waals surface area contributed by atoms with E-state index >= 15 is 0 Å². The number of esters is 1. The summed E-state index contributed by atoms with van der Waals surface area (Å²) in [7, 11) is -4.57. The molecule has 1 aromatic rings. The summed E-state index contributed by atoms with van der Waals surface area (Å²) in [5, 5.41) is 12.2. The average Bonchev–Trinajstić information content (AvgIpc) is 2.71. The van der Waals surface area contributed by atoms with Crippen molar-refractivity contribution < 1.29 is 57.2 Å². The van der Waals surface area contributed by atoms with Gasteiger partial charge in [0, 0.05) is 5.56 Å². The normalized spacial score (nSPS) is 12.8. The van der Waals surface area contributed by atoms with Gasteiger partial charge >= 0.3 is 35.5 Å². The van der Waals surface area contributed by atoms with Crippen LogP contribution in [0.15, 0.2) is 34.2 Å². The molecule has 0 spiro atoms. The SMILES string of the molecule is CCCCCCCCCCCCOC(=O)[C@H](C)N=C([O-])c1ccccc1S(=O)(=O)O.[Na+]. The maximum absolute atomic E-state index is 12.2. The molecule has 0 heterocycles. The van der Waals surface area contributed by atoms with E-state index in [1.807, 2.05) is 0 Å². The van der Waals surface area contributed by atoms with E-state index in [-0.39, 0.29) is 41.7 Å². The summed E-state index contributed by atoms with van der Waals surface area (Å²) in [5.74, 6) is -1.53. The van der Waals surface area contributed by atoms with Crippen molar-refractivity contribution in [3.05, 3.63) is 29.8 Å². The maximum Gasteiger partial charge on any atom is 1.00 e. The molecule has 0 radical (unpaired) electrons. The molecular formula is C22H34NNaO6S. The molecule has 0 bridgehead atoms. The molecule has 1 aromatic carbocycles. The molecule has 0 saturated heterocycles. The van der Waals surface area contributed by atoms with Gasteiger partial charge in [0.25, 0.3) is 10.1 Å². The second-order valence-corrected chi connectivity index (χ2v) is 8.82. The quantitative estimate of drug-likeness (QED) is 0.103. The second kappa shape index (κ2) is 16.7. The van der Waals surface area contributed by atoms with Gasteiger partial charge < -0.3 is 9.84 Å². The average molecular weight is 464 g/mol. The molecule has 0 aliphatic rings. The Kier molecular flexibility index (Phi) is 16.2. The van der Waals surface area contributed by atoms with Crippen LogP contribution in [0.1, 0.15) is 83.6 Å². The first kappa shape index (κ1) is 30.1. The van der Waals surface area contributed by atoms with E-state index in [0.717, 1.165) is 25.3 Å². The van der Waals surface area contributed by atoms with Crippen LogP contribution in [0.3, 0.4) is 0 Å². The van der Waals surface area contributed by atoms with Gasteiger partial charge in [0.2, 0.25) is 0 Å². The molecule has 1 rings (SSSR count). The largest absolute Gasteiger partial charge is 1.00 e. The third-order valence-electron chi connectivity index (χ3n) is 4.79. The molecule has 0 saturated carbocycles. The smallest absolute Gasteiger partial charge is 0.858 e. The molecule has 9 heteroatoms. The van der Waals surface area contributed by atoms with Crippen LogP contribution in [0.5, 0.6) is 0 Å². The fourth-order valence-electron chi connectivity index (χ4n) is 3.05. The van der Waals surface area contributed by atoms with Crippen LogP contribution in [-0.2, 0) is 19.6 Å². The molecule has 0 aliphatic carbocycles. The van der Waals surface area contributed by atoms with Crippen LogP contribution in [0, 0.1) is 0 Å². The summed E-state index contributed by atoms with van der Waals surface area (Å²) < 4.78 is 37.1. The summed E-state index contributed by atoms with van der Waals surface area (Å²) in [6, 6.07) is 4.11. The van der Waals surface area contributed by atoms with Gasteiger partial charge in [-0.2, -0.15) is 8.42 Å². The van der Waals surface area contributed by atoms with E-state index < -0.39 is 32.9 Å². The Morgan fingerprint density at radius 3 is 2.10 bits per heavy atom. The Balaban J connectivity index is 0.00000900. The first-order chi connectivity index (χ1) is 14.3. The minimum absolute atomic E-state index is 0. The molecule has 0 fully saturated rings. The van der Waals surface area contributed by atoms with E-state index in [9.17, 15) is 22.9 Å². The van der Waals surface area contributed by atoms with Crippen molar-refractivity contribution in [1.82, 2.24) is 0 Å². The Bertz CT molecular complexity index is 782. The molecule has 7 nitrogen and oxygen atoms in total. The van der Waals surface area contributed by atoms with Gasteiger partial charge in [-0.15, -0.1) is 0 Å². The fourth-order valence-corrected chi connectivity index (χ4v) is 3.73. The molecule has 0 unspecified atom stereocenters. The minimum atomic E-state index is -4.57. The Morgan fingerprint density at radius 2 is 1.55 bits per heavy atom. The number of nitrogens with zero attached hydrogens (tertiary/aromatic N) is 1. The third kappa shape index (κ3) is 12.6. The van der Waals surface area contributed by atoms with Gasteiger partial charge in [0.15, 0.2) is 0 Å². The monoisotopic (exact) mass is 463 g/mol. The molecule has 170 valence electrons. The molecule has 31 heavy (non-hydrogen) atoms. The number of rotatable bonds is 15. The Hall–Kier alpha value is -0.930. The molecule has 0 aliphatic heterocycles.